The van der Waals surface area contributed by atoms with E-state index in [9.17, 15) is 0 Å². The maximum atomic E-state index is 8.92. The van der Waals surface area contributed by atoms with Gasteiger partial charge in [-0.05, 0) is 31.3 Å². The first-order valence-corrected chi connectivity index (χ1v) is 5.65. The third-order valence-corrected chi connectivity index (χ3v) is 3.10. The van der Waals surface area contributed by atoms with E-state index in [0.717, 1.165) is 25.1 Å². The summed E-state index contributed by atoms with van der Waals surface area (Å²) in [5.74, 6) is 0. The monoisotopic (exact) mass is 215 g/mol. The summed E-state index contributed by atoms with van der Waals surface area (Å²) in [6, 6.07) is 0. The number of nitrogens with one attached hydrogen (secondary N) is 1. The van der Waals surface area contributed by atoms with Crippen LogP contribution in [-0.2, 0) is 6.54 Å². The predicted octanol–water partition coefficient (Wildman–Crippen LogP) is 1.18. The normalized spacial score (nSPS) is 15.4. The van der Waals surface area contributed by atoms with Crippen molar-refractivity contribution in [3.05, 3.63) is 11.1 Å². The summed E-state index contributed by atoms with van der Waals surface area (Å²) in [5.41, 5.74) is 0.964. The van der Waals surface area contributed by atoms with Crippen LogP contribution in [0, 0.1) is 0 Å². The molecular formula is C9H17N3OS. The molecule has 2 N–H and O–H groups in total. The van der Waals surface area contributed by atoms with Gasteiger partial charge >= 0.3 is 0 Å². The van der Waals surface area contributed by atoms with Crippen molar-refractivity contribution in [1.29, 1.82) is 0 Å². The molecule has 1 aromatic heterocycles. The Morgan fingerprint density at radius 2 is 2.43 bits per heavy atom. The quantitative estimate of drug-likeness (QED) is 0.748. The van der Waals surface area contributed by atoms with E-state index in [2.05, 4.69) is 28.8 Å². The lowest BCUT2D eigenvalue weighted by Gasteiger charge is -2.28. The number of hydrogen-bond donors (Lipinski definition) is 2. The highest BCUT2D eigenvalue weighted by molar-refractivity contribution is 7.03. The summed E-state index contributed by atoms with van der Waals surface area (Å²) in [4.78, 5) is 0. The SMILES string of the molecule is CCC(C)(CCO)NCc1csnn1. The molecule has 0 saturated heterocycles. The second-order valence-electron chi connectivity index (χ2n) is 3.64. The molecule has 5 heteroatoms. The van der Waals surface area contributed by atoms with Gasteiger partial charge in [0, 0.05) is 24.1 Å². The van der Waals surface area contributed by atoms with Crippen molar-refractivity contribution >= 4 is 11.5 Å². The van der Waals surface area contributed by atoms with Crippen LogP contribution < -0.4 is 5.32 Å². The summed E-state index contributed by atoms with van der Waals surface area (Å²) in [6.07, 6.45) is 1.76. The molecular weight excluding hydrogens is 198 g/mol. The largest absolute Gasteiger partial charge is 0.396 e. The molecule has 4 nitrogen and oxygen atoms in total. The number of aliphatic hydroxyl groups is 1. The van der Waals surface area contributed by atoms with Gasteiger partial charge in [0.1, 0.15) is 0 Å². The van der Waals surface area contributed by atoms with Crippen LogP contribution in [0.4, 0.5) is 0 Å². The van der Waals surface area contributed by atoms with E-state index in [1.54, 1.807) is 0 Å². The molecule has 0 spiro atoms. The zero-order valence-electron chi connectivity index (χ0n) is 8.66. The minimum Gasteiger partial charge on any atom is -0.396 e. The molecule has 1 rings (SSSR count). The Kier molecular flexibility index (Phi) is 4.44. The van der Waals surface area contributed by atoms with Crippen LogP contribution in [-0.4, -0.2) is 26.8 Å². The van der Waals surface area contributed by atoms with E-state index >= 15 is 0 Å². The molecule has 1 heterocycles. The first-order valence-electron chi connectivity index (χ1n) is 4.82. The molecule has 0 fully saturated rings. The Morgan fingerprint density at radius 3 is 2.93 bits per heavy atom. The molecule has 0 amide bonds. The number of nitrogens with zero attached hydrogens (tertiary/aromatic N) is 2. The molecule has 1 atom stereocenters. The highest BCUT2D eigenvalue weighted by Gasteiger charge is 2.20. The summed E-state index contributed by atoms with van der Waals surface area (Å²) < 4.78 is 3.80. The molecule has 0 bridgehead atoms. The first kappa shape index (κ1) is 11.6. The minimum atomic E-state index is -0.00162. The van der Waals surface area contributed by atoms with Crippen molar-refractivity contribution < 1.29 is 5.11 Å². The second-order valence-corrected chi connectivity index (χ2v) is 4.25. The van der Waals surface area contributed by atoms with Crippen molar-refractivity contribution in [2.75, 3.05) is 6.61 Å². The van der Waals surface area contributed by atoms with Gasteiger partial charge in [-0.15, -0.1) is 5.10 Å². The Labute approximate surface area is 88.5 Å². The van der Waals surface area contributed by atoms with Gasteiger partial charge in [0.2, 0.25) is 0 Å². The fraction of sp³-hybridized carbons (Fsp3) is 0.778. The average Bonchev–Trinajstić information content (AvgIpc) is 2.68. The lowest BCUT2D eigenvalue weighted by atomic mass is 9.95. The topological polar surface area (TPSA) is 58.0 Å². The Bertz CT molecular complexity index is 253. The Balaban J connectivity index is 2.41. The van der Waals surface area contributed by atoms with Gasteiger partial charge in [-0.25, -0.2) is 0 Å². The molecule has 0 aliphatic heterocycles. The van der Waals surface area contributed by atoms with Gasteiger partial charge < -0.3 is 10.4 Å². The Hall–Kier alpha value is -0.520. The lowest BCUT2D eigenvalue weighted by molar-refractivity contribution is 0.214. The van der Waals surface area contributed by atoms with E-state index in [-0.39, 0.29) is 12.1 Å². The van der Waals surface area contributed by atoms with Crippen molar-refractivity contribution in [2.45, 2.75) is 38.8 Å². The predicted molar refractivity (Wildman–Crippen MR) is 57.1 cm³/mol. The first-order chi connectivity index (χ1) is 6.70. The van der Waals surface area contributed by atoms with Crippen molar-refractivity contribution in [2.24, 2.45) is 0 Å². The maximum Gasteiger partial charge on any atom is 0.0893 e. The van der Waals surface area contributed by atoms with Gasteiger partial charge in [0.05, 0.1) is 5.69 Å². The second kappa shape index (κ2) is 5.38. The Morgan fingerprint density at radius 1 is 1.64 bits per heavy atom. The zero-order valence-corrected chi connectivity index (χ0v) is 9.47. The summed E-state index contributed by atoms with van der Waals surface area (Å²) in [7, 11) is 0. The third-order valence-electron chi connectivity index (χ3n) is 2.55. The molecule has 0 aliphatic rings. The van der Waals surface area contributed by atoms with Crippen LogP contribution in [0.3, 0.4) is 0 Å². The number of aliphatic hydroxyl groups excluding tert-OH is 1. The molecule has 0 aromatic carbocycles. The van der Waals surface area contributed by atoms with Crippen molar-refractivity contribution in [3.8, 4) is 0 Å². The van der Waals surface area contributed by atoms with E-state index in [4.69, 9.17) is 5.11 Å². The molecule has 0 radical (unpaired) electrons. The standard InChI is InChI=1S/C9H17N3OS/c1-3-9(2,4-5-13)10-6-8-7-14-12-11-8/h7,10,13H,3-6H2,1-2H3. The van der Waals surface area contributed by atoms with Crippen LogP contribution in [0.5, 0.6) is 0 Å². The minimum absolute atomic E-state index is 0.00162. The van der Waals surface area contributed by atoms with E-state index in [1.165, 1.54) is 11.5 Å². The van der Waals surface area contributed by atoms with E-state index < -0.39 is 0 Å². The van der Waals surface area contributed by atoms with Gasteiger partial charge in [0.15, 0.2) is 0 Å². The van der Waals surface area contributed by atoms with Crippen LogP contribution in [0.1, 0.15) is 32.4 Å². The molecule has 1 unspecified atom stereocenters. The highest BCUT2D eigenvalue weighted by Crippen LogP contribution is 2.14. The van der Waals surface area contributed by atoms with Gasteiger partial charge in [-0.1, -0.05) is 11.4 Å². The number of aromatic nitrogens is 2. The van der Waals surface area contributed by atoms with Gasteiger partial charge in [-0.2, -0.15) is 0 Å². The molecule has 14 heavy (non-hydrogen) atoms. The average molecular weight is 215 g/mol. The fourth-order valence-corrected chi connectivity index (χ4v) is 1.65. The number of rotatable bonds is 6. The van der Waals surface area contributed by atoms with Crippen LogP contribution in [0.15, 0.2) is 5.38 Å². The van der Waals surface area contributed by atoms with Gasteiger partial charge in [0.25, 0.3) is 0 Å². The fourth-order valence-electron chi connectivity index (χ4n) is 1.20. The van der Waals surface area contributed by atoms with E-state index in [1.807, 2.05) is 5.38 Å². The maximum absolute atomic E-state index is 8.92. The lowest BCUT2D eigenvalue weighted by Crippen LogP contribution is -2.42. The van der Waals surface area contributed by atoms with Gasteiger partial charge in [-0.3, -0.25) is 0 Å². The summed E-state index contributed by atoms with van der Waals surface area (Å²) in [6.45, 7) is 5.17. The van der Waals surface area contributed by atoms with Crippen LogP contribution in [0.25, 0.3) is 0 Å². The molecule has 80 valence electrons. The summed E-state index contributed by atoms with van der Waals surface area (Å²) >= 11 is 1.36. The highest BCUT2D eigenvalue weighted by atomic mass is 32.1. The van der Waals surface area contributed by atoms with E-state index in [0.29, 0.717) is 0 Å². The molecule has 0 aliphatic carbocycles. The van der Waals surface area contributed by atoms with Crippen LogP contribution in [0.2, 0.25) is 0 Å². The smallest absolute Gasteiger partial charge is 0.0893 e. The van der Waals surface area contributed by atoms with Crippen molar-refractivity contribution in [3.63, 3.8) is 0 Å². The van der Waals surface area contributed by atoms with Crippen molar-refractivity contribution in [1.82, 2.24) is 14.9 Å². The molecule has 1 aromatic rings. The number of hydrogen-bond acceptors (Lipinski definition) is 5. The zero-order chi connectivity index (χ0) is 10.4. The summed E-state index contributed by atoms with van der Waals surface area (Å²) in [5, 5.41) is 18.2. The van der Waals surface area contributed by atoms with Crippen LogP contribution >= 0.6 is 11.5 Å². The molecule has 0 saturated carbocycles. The third kappa shape index (κ3) is 3.32.